The summed E-state index contributed by atoms with van der Waals surface area (Å²) in [5, 5.41) is 0. The lowest BCUT2D eigenvalue weighted by Gasteiger charge is -2.12. The summed E-state index contributed by atoms with van der Waals surface area (Å²) in [4.78, 5) is 15.3. The van der Waals surface area contributed by atoms with E-state index in [4.69, 9.17) is 4.74 Å². The second kappa shape index (κ2) is 6.81. The van der Waals surface area contributed by atoms with E-state index in [1.54, 1.807) is 19.5 Å². The smallest absolute Gasteiger partial charge is 0.153 e. The van der Waals surface area contributed by atoms with E-state index in [1.165, 1.54) is 0 Å². The number of rotatable bonds is 6. The normalized spacial score (nSPS) is 10.8. The summed E-state index contributed by atoms with van der Waals surface area (Å²) in [6.45, 7) is 3.47. The van der Waals surface area contributed by atoms with Gasteiger partial charge in [0.25, 0.3) is 0 Å². The number of aromatic nitrogens is 2. The van der Waals surface area contributed by atoms with Gasteiger partial charge in [-0.3, -0.25) is 9.78 Å². The average molecular weight is 337 g/mol. The van der Waals surface area contributed by atoms with Gasteiger partial charge in [-0.05, 0) is 41.4 Å². The van der Waals surface area contributed by atoms with Crippen molar-refractivity contribution >= 4 is 22.2 Å². The van der Waals surface area contributed by atoms with Crippen molar-refractivity contribution in [3.63, 3.8) is 0 Å². The molecule has 0 radical (unpaired) electrons. The molecule has 2 heterocycles. The van der Waals surface area contributed by atoms with Crippen molar-refractivity contribution in [1.29, 1.82) is 0 Å². The summed E-state index contributed by atoms with van der Waals surface area (Å²) < 4.78 is 8.10. The van der Waals surface area contributed by atoms with E-state index in [1.807, 2.05) is 19.1 Å². The lowest BCUT2D eigenvalue weighted by Crippen LogP contribution is -2.05. The number of ether oxygens (including phenoxy) is 1. The van der Waals surface area contributed by atoms with Gasteiger partial charge in [0.05, 0.1) is 10.2 Å². The Balaban J connectivity index is 2.50. The molecule has 0 saturated carbocycles. The van der Waals surface area contributed by atoms with Crippen LogP contribution in [-0.2, 0) is 11.3 Å². The SMILES string of the molecule is COCCCn1c(C)c(C=O)c(Br)c1-c1ccncc1. The molecule has 0 atom stereocenters. The Morgan fingerprint density at radius 2 is 2.10 bits per heavy atom. The molecule has 2 aromatic heterocycles. The fourth-order valence-electron chi connectivity index (χ4n) is 2.29. The molecule has 0 spiro atoms. The Kier molecular flexibility index (Phi) is 5.09. The maximum absolute atomic E-state index is 11.3. The van der Waals surface area contributed by atoms with Gasteiger partial charge in [0.1, 0.15) is 0 Å². The van der Waals surface area contributed by atoms with Crippen LogP contribution < -0.4 is 0 Å². The fraction of sp³-hybridized carbons (Fsp3) is 0.333. The van der Waals surface area contributed by atoms with E-state index in [9.17, 15) is 4.79 Å². The summed E-state index contributed by atoms with van der Waals surface area (Å²) in [6, 6.07) is 3.89. The maximum Gasteiger partial charge on any atom is 0.153 e. The van der Waals surface area contributed by atoms with Gasteiger partial charge in [-0.15, -0.1) is 0 Å². The van der Waals surface area contributed by atoms with Crippen molar-refractivity contribution in [1.82, 2.24) is 9.55 Å². The monoisotopic (exact) mass is 336 g/mol. The molecule has 0 N–H and O–H groups in total. The molecule has 0 saturated heterocycles. The molecule has 0 aromatic carbocycles. The molecular weight excluding hydrogens is 320 g/mol. The van der Waals surface area contributed by atoms with Gasteiger partial charge in [0.15, 0.2) is 6.29 Å². The van der Waals surface area contributed by atoms with Crippen LogP contribution in [0.4, 0.5) is 0 Å². The average Bonchev–Trinajstić information content (AvgIpc) is 2.71. The molecule has 0 amide bonds. The van der Waals surface area contributed by atoms with E-state index >= 15 is 0 Å². The van der Waals surface area contributed by atoms with Crippen molar-refractivity contribution in [3.8, 4) is 11.3 Å². The van der Waals surface area contributed by atoms with Gasteiger partial charge in [-0.1, -0.05) is 0 Å². The van der Waals surface area contributed by atoms with Crippen molar-refractivity contribution in [2.45, 2.75) is 19.9 Å². The number of hydrogen-bond acceptors (Lipinski definition) is 3. The zero-order valence-corrected chi connectivity index (χ0v) is 13.2. The third kappa shape index (κ3) is 2.83. The van der Waals surface area contributed by atoms with Crippen molar-refractivity contribution in [2.24, 2.45) is 0 Å². The minimum atomic E-state index is 0.696. The molecule has 2 aromatic rings. The highest BCUT2D eigenvalue weighted by Crippen LogP contribution is 2.35. The first-order valence-corrected chi connectivity index (χ1v) is 7.23. The van der Waals surface area contributed by atoms with Gasteiger partial charge >= 0.3 is 0 Å². The number of hydrogen-bond donors (Lipinski definition) is 0. The zero-order chi connectivity index (χ0) is 14.5. The van der Waals surface area contributed by atoms with Crippen LogP contribution in [0.25, 0.3) is 11.3 Å². The summed E-state index contributed by atoms with van der Waals surface area (Å²) >= 11 is 3.56. The molecule has 0 aliphatic heterocycles. The summed E-state index contributed by atoms with van der Waals surface area (Å²) in [6.07, 6.45) is 5.31. The molecule has 4 nitrogen and oxygen atoms in total. The van der Waals surface area contributed by atoms with Crippen LogP contribution >= 0.6 is 15.9 Å². The highest BCUT2D eigenvalue weighted by atomic mass is 79.9. The standard InChI is InChI=1S/C15H17BrN2O2/c1-11-13(10-19)14(16)15(12-4-6-17-7-5-12)18(11)8-3-9-20-2/h4-7,10H,3,8-9H2,1-2H3. The Bertz CT molecular complexity index is 594. The Labute approximate surface area is 126 Å². The van der Waals surface area contributed by atoms with Gasteiger partial charge in [-0.25, -0.2) is 0 Å². The first-order chi connectivity index (χ1) is 9.70. The van der Waals surface area contributed by atoms with Crippen LogP contribution in [-0.4, -0.2) is 29.6 Å². The number of carbonyl (C=O) groups is 1. The van der Waals surface area contributed by atoms with Gasteiger partial charge < -0.3 is 9.30 Å². The number of carbonyl (C=O) groups excluding carboxylic acids is 1. The fourth-order valence-corrected chi connectivity index (χ4v) is 3.12. The molecule has 0 unspecified atom stereocenters. The minimum Gasteiger partial charge on any atom is -0.385 e. The van der Waals surface area contributed by atoms with Crippen LogP contribution in [0.15, 0.2) is 29.0 Å². The van der Waals surface area contributed by atoms with Gasteiger partial charge in [0.2, 0.25) is 0 Å². The quantitative estimate of drug-likeness (QED) is 0.599. The van der Waals surface area contributed by atoms with Crippen LogP contribution in [0.5, 0.6) is 0 Å². The third-order valence-corrected chi connectivity index (χ3v) is 4.11. The predicted molar refractivity (Wildman–Crippen MR) is 82.0 cm³/mol. The molecule has 2 rings (SSSR count). The Morgan fingerprint density at radius 1 is 1.40 bits per heavy atom. The minimum absolute atomic E-state index is 0.696. The van der Waals surface area contributed by atoms with E-state index < -0.39 is 0 Å². The molecule has 106 valence electrons. The first kappa shape index (κ1) is 14.9. The second-order valence-corrected chi connectivity index (χ2v) is 5.31. The number of pyridine rings is 1. The largest absolute Gasteiger partial charge is 0.385 e. The van der Waals surface area contributed by atoms with E-state index in [-0.39, 0.29) is 0 Å². The summed E-state index contributed by atoms with van der Waals surface area (Å²) in [5.41, 5.74) is 3.73. The van der Waals surface area contributed by atoms with Crippen LogP contribution in [0.1, 0.15) is 22.5 Å². The summed E-state index contributed by atoms with van der Waals surface area (Å²) in [5.74, 6) is 0. The molecule has 0 aliphatic carbocycles. The maximum atomic E-state index is 11.3. The lowest BCUT2D eigenvalue weighted by atomic mass is 10.2. The van der Waals surface area contributed by atoms with Gasteiger partial charge in [-0.2, -0.15) is 0 Å². The van der Waals surface area contributed by atoms with Crippen LogP contribution in [0.3, 0.4) is 0 Å². The van der Waals surface area contributed by atoms with E-state index in [2.05, 4.69) is 25.5 Å². The molecule has 20 heavy (non-hydrogen) atoms. The van der Waals surface area contributed by atoms with Crippen LogP contribution in [0, 0.1) is 6.92 Å². The first-order valence-electron chi connectivity index (χ1n) is 6.43. The molecule has 0 fully saturated rings. The predicted octanol–water partition coefficient (Wildman–Crippen LogP) is 3.47. The number of methoxy groups -OCH3 is 1. The van der Waals surface area contributed by atoms with Crippen molar-refractivity contribution < 1.29 is 9.53 Å². The third-order valence-electron chi connectivity index (χ3n) is 3.31. The van der Waals surface area contributed by atoms with E-state index in [0.717, 1.165) is 40.7 Å². The molecule has 0 bridgehead atoms. The molecular formula is C15H17BrN2O2. The number of halogens is 1. The van der Waals surface area contributed by atoms with Crippen LogP contribution in [0.2, 0.25) is 0 Å². The Morgan fingerprint density at radius 3 is 2.70 bits per heavy atom. The molecule has 5 heteroatoms. The Hall–Kier alpha value is -1.46. The second-order valence-electron chi connectivity index (χ2n) is 4.51. The van der Waals surface area contributed by atoms with E-state index in [0.29, 0.717) is 12.2 Å². The van der Waals surface area contributed by atoms with Gasteiger partial charge in [0, 0.05) is 49.5 Å². The number of aldehydes is 1. The highest BCUT2D eigenvalue weighted by molar-refractivity contribution is 9.10. The number of nitrogens with zero attached hydrogens (tertiary/aromatic N) is 2. The lowest BCUT2D eigenvalue weighted by molar-refractivity contribution is 0.112. The molecule has 0 aliphatic rings. The topological polar surface area (TPSA) is 44.1 Å². The van der Waals surface area contributed by atoms with Crippen molar-refractivity contribution in [3.05, 3.63) is 40.3 Å². The zero-order valence-electron chi connectivity index (χ0n) is 11.6. The van der Waals surface area contributed by atoms with Crippen molar-refractivity contribution in [2.75, 3.05) is 13.7 Å². The summed E-state index contributed by atoms with van der Waals surface area (Å²) in [7, 11) is 1.69. The highest BCUT2D eigenvalue weighted by Gasteiger charge is 2.19.